The van der Waals surface area contributed by atoms with E-state index in [1.54, 1.807) is 47.4 Å². The number of halogens is 2. The summed E-state index contributed by atoms with van der Waals surface area (Å²) in [7, 11) is -6.91. The summed E-state index contributed by atoms with van der Waals surface area (Å²) in [6, 6.07) is 19.7. The second kappa shape index (κ2) is 15.0. The Morgan fingerprint density at radius 2 is 1.63 bits per heavy atom. The van der Waals surface area contributed by atoms with Gasteiger partial charge in [0.2, 0.25) is 5.95 Å². The molecule has 0 unspecified atom stereocenters. The zero-order valence-electron chi connectivity index (χ0n) is 28.2. The van der Waals surface area contributed by atoms with Crippen LogP contribution in [0.5, 0.6) is 0 Å². The second-order valence-corrected chi connectivity index (χ2v) is 17.5. The third-order valence-electron chi connectivity index (χ3n) is 8.27. The normalized spacial score (nSPS) is 14.2. The highest BCUT2D eigenvalue weighted by Gasteiger charge is 2.24. The lowest BCUT2D eigenvalue weighted by Gasteiger charge is -2.36. The van der Waals surface area contributed by atoms with Crippen molar-refractivity contribution >= 4 is 54.2 Å². The van der Waals surface area contributed by atoms with Gasteiger partial charge in [-0.25, -0.2) is 40.6 Å². The van der Waals surface area contributed by atoms with E-state index >= 15 is 8.78 Å². The molecule has 5 aromatic rings. The lowest BCUT2D eigenvalue weighted by atomic mass is 10.1. The van der Waals surface area contributed by atoms with Gasteiger partial charge in [-0.15, -0.1) is 11.3 Å². The number of hydrogen-bond donors (Lipinski definition) is 2. The van der Waals surface area contributed by atoms with Crippen molar-refractivity contribution in [2.45, 2.75) is 24.7 Å². The summed E-state index contributed by atoms with van der Waals surface area (Å²) in [6.07, 6.45) is 2.71. The van der Waals surface area contributed by atoms with Gasteiger partial charge in [0.05, 0.1) is 43.3 Å². The maximum Gasteiger partial charge on any atom is 0.261 e. The van der Waals surface area contributed by atoms with Crippen LogP contribution in [0.2, 0.25) is 0 Å². The Kier molecular flexibility index (Phi) is 10.7. The highest BCUT2D eigenvalue weighted by atomic mass is 32.2. The third-order valence-corrected chi connectivity index (χ3v) is 12.0. The van der Waals surface area contributed by atoms with Crippen molar-refractivity contribution in [3.05, 3.63) is 95.6 Å². The van der Waals surface area contributed by atoms with Crippen molar-refractivity contribution in [2.24, 2.45) is 0 Å². The van der Waals surface area contributed by atoms with Crippen molar-refractivity contribution in [1.82, 2.24) is 19.9 Å². The first-order chi connectivity index (χ1) is 24.3. The number of nitrogens with zero attached hydrogens (tertiary/aromatic N) is 5. The fraction of sp³-hybridized carbons (Fsp3) is 0.286. The van der Waals surface area contributed by atoms with E-state index in [2.05, 4.69) is 20.0 Å². The Bertz CT molecular complexity index is 2240. The van der Waals surface area contributed by atoms with Crippen LogP contribution in [0, 0.1) is 11.6 Å². The van der Waals surface area contributed by atoms with Crippen LogP contribution in [0.25, 0.3) is 21.8 Å². The Labute approximate surface area is 300 Å². The Hall–Kier alpha value is -4.51. The summed E-state index contributed by atoms with van der Waals surface area (Å²) in [5.41, 5.74) is 2.10. The van der Waals surface area contributed by atoms with E-state index in [-0.39, 0.29) is 33.9 Å². The third kappa shape index (κ3) is 8.69. The van der Waals surface area contributed by atoms with Gasteiger partial charge in [0.25, 0.3) is 10.0 Å². The number of sulfone groups is 1. The van der Waals surface area contributed by atoms with Gasteiger partial charge in [-0.05, 0) is 42.5 Å². The Morgan fingerprint density at radius 3 is 2.33 bits per heavy atom. The molecule has 0 saturated carbocycles. The molecule has 2 aromatic heterocycles. The van der Waals surface area contributed by atoms with Gasteiger partial charge in [-0.1, -0.05) is 44.2 Å². The number of rotatable bonds is 12. The number of nitrogens with one attached hydrogen (secondary N) is 2. The molecule has 3 heterocycles. The predicted octanol–water partition coefficient (Wildman–Crippen LogP) is 6.38. The molecule has 2 N–H and O–H groups in total. The van der Waals surface area contributed by atoms with Crippen molar-refractivity contribution in [1.29, 1.82) is 0 Å². The van der Waals surface area contributed by atoms with Crippen LogP contribution in [-0.4, -0.2) is 81.4 Å². The summed E-state index contributed by atoms with van der Waals surface area (Å²) in [4.78, 5) is 18.4. The zero-order valence-corrected chi connectivity index (χ0v) is 30.6. The van der Waals surface area contributed by atoms with Crippen LogP contribution < -0.4 is 14.9 Å². The molecule has 0 radical (unpaired) electrons. The summed E-state index contributed by atoms with van der Waals surface area (Å²) in [5, 5.41) is 3.65. The summed E-state index contributed by atoms with van der Waals surface area (Å²) < 4.78 is 82.5. The fourth-order valence-corrected chi connectivity index (χ4v) is 8.27. The van der Waals surface area contributed by atoms with E-state index in [1.165, 1.54) is 48.1 Å². The van der Waals surface area contributed by atoms with Crippen LogP contribution in [-0.2, 0) is 19.9 Å². The number of anilines is 4. The van der Waals surface area contributed by atoms with Gasteiger partial charge in [0.15, 0.2) is 11.6 Å². The molecule has 1 aliphatic rings. The minimum Gasteiger partial charge on any atom is -0.367 e. The minimum absolute atomic E-state index is 0.0489. The first-order valence-corrected chi connectivity index (χ1v) is 20.6. The van der Waals surface area contributed by atoms with Gasteiger partial charge in [0, 0.05) is 62.3 Å². The molecular weight excluding hydrogens is 717 g/mol. The van der Waals surface area contributed by atoms with E-state index in [9.17, 15) is 16.8 Å². The zero-order chi connectivity index (χ0) is 36.3. The summed E-state index contributed by atoms with van der Waals surface area (Å²) in [5.74, 6) is -1.89. The molecule has 0 amide bonds. The van der Waals surface area contributed by atoms with Gasteiger partial charge < -0.3 is 10.2 Å². The maximum absolute atomic E-state index is 15.4. The van der Waals surface area contributed by atoms with Crippen LogP contribution in [0.15, 0.2) is 83.9 Å². The molecule has 16 heteroatoms. The molecular formula is C35H37F2N7O4S3. The van der Waals surface area contributed by atoms with Crippen molar-refractivity contribution < 1.29 is 25.6 Å². The number of thiazole rings is 1. The monoisotopic (exact) mass is 753 g/mol. The Morgan fingerprint density at radius 1 is 0.882 bits per heavy atom. The minimum atomic E-state index is -3.82. The molecule has 0 atom stereocenters. The molecule has 0 spiro atoms. The van der Waals surface area contributed by atoms with E-state index < -0.39 is 31.5 Å². The van der Waals surface area contributed by atoms with Gasteiger partial charge >= 0.3 is 0 Å². The van der Waals surface area contributed by atoms with Crippen LogP contribution >= 0.6 is 11.3 Å². The lowest BCUT2D eigenvalue weighted by Crippen LogP contribution is -2.47. The number of sulfonamides is 1. The average Bonchev–Trinajstić information content (AvgIpc) is 3.56. The first-order valence-electron chi connectivity index (χ1n) is 16.2. The Balaban J connectivity index is 1.22. The molecule has 51 heavy (non-hydrogen) atoms. The van der Waals surface area contributed by atoms with E-state index in [0.717, 1.165) is 5.01 Å². The van der Waals surface area contributed by atoms with Gasteiger partial charge in [-0.3, -0.25) is 9.62 Å². The molecule has 268 valence electrons. The topological polar surface area (TPSA) is 137 Å². The summed E-state index contributed by atoms with van der Waals surface area (Å²) >= 11 is 1.43. The van der Waals surface area contributed by atoms with E-state index in [4.69, 9.17) is 4.98 Å². The first kappa shape index (κ1) is 36.3. The lowest BCUT2D eigenvalue weighted by molar-refractivity contribution is 0.271. The molecule has 1 aliphatic heterocycles. The number of benzene rings is 3. The van der Waals surface area contributed by atoms with Gasteiger partial charge in [-0.2, -0.15) is 0 Å². The molecule has 0 bridgehead atoms. The van der Waals surface area contributed by atoms with Crippen molar-refractivity contribution in [3.8, 4) is 21.8 Å². The predicted molar refractivity (Wildman–Crippen MR) is 198 cm³/mol. The highest BCUT2D eigenvalue weighted by Crippen LogP contribution is 2.39. The molecule has 0 aliphatic carbocycles. The van der Waals surface area contributed by atoms with Crippen molar-refractivity contribution in [2.75, 3.05) is 59.7 Å². The molecule has 3 aromatic carbocycles. The van der Waals surface area contributed by atoms with E-state index in [0.29, 0.717) is 60.2 Å². The number of hydrogen-bond acceptors (Lipinski definition) is 11. The largest absolute Gasteiger partial charge is 0.367 e. The average molecular weight is 754 g/mol. The quantitative estimate of drug-likeness (QED) is 0.148. The van der Waals surface area contributed by atoms with Crippen LogP contribution in [0.4, 0.5) is 31.8 Å². The molecule has 11 nitrogen and oxygen atoms in total. The van der Waals surface area contributed by atoms with Crippen LogP contribution in [0.3, 0.4) is 0 Å². The van der Waals surface area contributed by atoms with Crippen molar-refractivity contribution in [3.63, 3.8) is 0 Å². The smallest absolute Gasteiger partial charge is 0.261 e. The standard InChI is InChI=1S/C35H37F2N7O4S3/c1-23(2)34-41-32(24-8-7-9-25(22-24)42-51(47,48)26-10-5-4-6-11-26)33(49-34)28-14-15-38-35(40-28)39-27-12-13-29(31(37)30(27)36)44-18-16-43(17-19-44)20-21-50(3,45)46/h4-15,22-23,42H,16-21H2,1-3H3,(H,38,39,40). The van der Waals surface area contributed by atoms with Gasteiger partial charge in [0.1, 0.15) is 9.84 Å². The summed E-state index contributed by atoms with van der Waals surface area (Å²) in [6.45, 7) is 6.35. The highest BCUT2D eigenvalue weighted by molar-refractivity contribution is 7.92. The fourth-order valence-electron chi connectivity index (χ4n) is 5.55. The van der Waals surface area contributed by atoms with Crippen LogP contribution in [0.1, 0.15) is 24.8 Å². The SMILES string of the molecule is CC(C)c1nc(-c2cccc(NS(=O)(=O)c3ccccc3)c2)c(-c2ccnc(Nc3ccc(N4CCN(CCS(C)(=O)=O)CC4)c(F)c3F)n2)s1. The number of aromatic nitrogens is 3. The number of piperazine rings is 1. The van der Waals surface area contributed by atoms with E-state index in [1.807, 2.05) is 24.8 Å². The molecule has 6 rings (SSSR count). The maximum atomic E-state index is 15.4. The molecule has 1 fully saturated rings. The second-order valence-electron chi connectivity index (χ2n) is 12.5. The molecule has 1 saturated heterocycles.